The zero-order chi connectivity index (χ0) is 23.7. The van der Waals surface area contributed by atoms with E-state index in [1.807, 2.05) is 0 Å². The molecule has 3 fully saturated rings. The van der Waals surface area contributed by atoms with Gasteiger partial charge in [0.25, 0.3) is 0 Å². The molecule has 4 heterocycles. The van der Waals surface area contributed by atoms with Crippen molar-refractivity contribution >= 4 is 17.5 Å². The lowest BCUT2D eigenvalue weighted by Gasteiger charge is -2.47. The summed E-state index contributed by atoms with van der Waals surface area (Å²) in [6.45, 7) is 6.86. The number of benzene rings is 1. The summed E-state index contributed by atoms with van der Waals surface area (Å²) in [6.07, 6.45) is 6.55. The molecule has 2 aromatic rings. The molecule has 9 heteroatoms. The van der Waals surface area contributed by atoms with E-state index in [1.54, 1.807) is 18.2 Å². The molecule has 3 aliphatic heterocycles. The molecule has 0 bridgehead atoms. The van der Waals surface area contributed by atoms with Crippen molar-refractivity contribution in [3.63, 3.8) is 0 Å². The number of nitrogens with one attached hydrogen (secondary N) is 2. The molecule has 1 aromatic carbocycles. The van der Waals surface area contributed by atoms with Gasteiger partial charge >= 0.3 is 0 Å². The Balaban J connectivity index is 1.27. The van der Waals surface area contributed by atoms with Gasteiger partial charge in [-0.15, -0.1) is 0 Å². The molecule has 180 valence electrons. The summed E-state index contributed by atoms with van der Waals surface area (Å²) < 4.78 is 25.7. The number of ether oxygens (including phenoxy) is 2. The molecule has 1 aromatic heterocycles. The Kier molecular flexibility index (Phi) is 6.28. The number of anilines is 3. The van der Waals surface area contributed by atoms with E-state index in [-0.39, 0.29) is 29.5 Å². The molecule has 8 nitrogen and oxygen atoms in total. The van der Waals surface area contributed by atoms with Gasteiger partial charge < -0.3 is 20.1 Å². The summed E-state index contributed by atoms with van der Waals surface area (Å²) in [5.74, 6) is 0.497. The molecule has 0 radical (unpaired) electrons. The number of nitrogens with zero attached hydrogens (tertiary/aromatic N) is 4. The van der Waals surface area contributed by atoms with Crippen molar-refractivity contribution < 1.29 is 13.9 Å². The second kappa shape index (κ2) is 9.35. The van der Waals surface area contributed by atoms with Gasteiger partial charge in [-0.05, 0) is 64.3 Å². The highest BCUT2D eigenvalue weighted by atomic mass is 19.1. The maximum atomic E-state index is 14.6. The summed E-state index contributed by atoms with van der Waals surface area (Å²) >= 11 is 0. The third-order valence-corrected chi connectivity index (χ3v) is 7.12. The lowest BCUT2D eigenvalue weighted by Crippen LogP contribution is -2.55. The van der Waals surface area contributed by atoms with E-state index in [4.69, 9.17) is 9.47 Å². The van der Waals surface area contributed by atoms with Gasteiger partial charge in [0.05, 0.1) is 17.9 Å². The summed E-state index contributed by atoms with van der Waals surface area (Å²) in [7, 11) is 0. The monoisotopic (exact) mass is 466 g/mol. The SMILES string of the molecule is CC1(C)CC(Nc2nc(Nc3ccc(OCC4CCO4)c(C#N)c3)ncc2F)CC2CCCN21. The van der Waals surface area contributed by atoms with Gasteiger partial charge in [-0.25, -0.2) is 9.37 Å². The smallest absolute Gasteiger partial charge is 0.229 e. The number of piperidine rings is 1. The molecule has 2 N–H and O–H groups in total. The van der Waals surface area contributed by atoms with E-state index in [2.05, 4.69) is 45.4 Å². The molecule has 34 heavy (non-hydrogen) atoms. The van der Waals surface area contributed by atoms with Crippen LogP contribution < -0.4 is 15.4 Å². The van der Waals surface area contributed by atoms with Crippen molar-refractivity contribution in [3.8, 4) is 11.8 Å². The number of rotatable bonds is 7. The summed E-state index contributed by atoms with van der Waals surface area (Å²) in [6, 6.07) is 8.04. The van der Waals surface area contributed by atoms with Crippen LogP contribution in [0.4, 0.5) is 21.8 Å². The molecule has 3 aliphatic rings. The van der Waals surface area contributed by atoms with Crippen LogP contribution in [0.1, 0.15) is 51.5 Å². The van der Waals surface area contributed by atoms with Crippen molar-refractivity contribution in [2.75, 3.05) is 30.4 Å². The number of aromatic nitrogens is 2. The van der Waals surface area contributed by atoms with E-state index < -0.39 is 5.82 Å². The molecular formula is C25H31FN6O2. The number of hydrogen-bond donors (Lipinski definition) is 2. The van der Waals surface area contributed by atoms with Crippen LogP contribution in [-0.2, 0) is 4.74 Å². The minimum Gasteiger partial charge on any atom is -0.489 e. The first-order chi connectivity index (χ1) is 16.4. The van der Waals surface area contributed by atoms with Gasteiger partial charge in [0.15, 0.2) is 11.6 Å². The van der Waals surface area contributed by atoms with Crippen molar-refractivity contribution in [2.45, 2.75) is 69.7 Å². The molecule has 0 aliphatic carbocycles. The van der Waals surface area contributed by atoms with Gasteiger partial charge in [0.2, 0.25) is 5.95 Å². The Morgan fingerprint density at radius 2 is 2.21 bits per heavy atom. The zero-order valence-electron chi connectivity index (χ0n) is 19.7. The minimum absolute atomic E-state index is 0.0734. The fourth-order valence-corrected chi connectivity index (χ4v) is 5.39. The second-order valence-corrected chi connectivity index (χ2v) is 10.0. The first-order valence-corrected chi connectivity index (χ1v) is 12.0. The van der Waals surface area contributed by atoms with Gasteiger partial charge in [-0.3, -0.25) is 4.90 Å². The molecule has 3 unspecified atom stereocenters. The average molecular weight is 467 g/mol. The van der Waals surface area contributed by atoms with E-state index in [0.29, 0.717) is 29.6 Å². The van der Waals surface area contributed by atoms with E-state index in [9.17, 15) is 9.65 Å². The lowest BCUT2D eigenvalue weighted by atomic mass is 9.84. The largest absolute Gasteiger partial charge is 0.489 e. The fourth-order valence-electron chi connectivity index (χ4n) is 5.39. The minimum atomic E-state index is -0.475. The summed E-state index contributed by atoms with van der Waals surface area (Å²) in [5.41, 5.74) is 1.10. The van der Waals surface area contributed by atoms with Gasteiger partial charge in [0.1, 0.15) is 18.4 Å². The van der Waals surface area contributed by atoms with Crippen molar-refractivity contribution in [3.05, 3.63) is 35.8 Å². The van der Waals surface area contributed by atoms with Gasteiger partial charge in [-0.1, -0.05) is 0 Å². The van der Waals surface area contributed by atoms with E-state index >= 15 is 0 Å². The standard InChI is InChI=1S/C25H31FN6O2/c1-25(2)12-18(11-19-4-3-8-32(19)25)29-23-21(26)14-28-24(31-23)30-17-5-6-22(16(10-17)13-27)34-15-20-7-9-33-20/h5-6,10,14,18-20H,3-4,7-9,11-12,15H2,1-2H3,(H2,28,29,30,31). The lowest BCUT2D eigenvalue weighted by molar-refractivity contribution is -0.0721. The van der Waals surface area contributed by atoms with Crippen LogP contribution in [0.2, 0.25) is 0 Å². The Labute approximate surface area is 199 Å². The second-order valence-electron chi connectivity index (χ2n) is 10.0. The van der Waals surface area contributed by atoms with Crippen LogP contribution in [0.25, 0.3) is 0 Å². The average Bonchev–Trinajstić information content (AvgIpc) is 3.25. The maximum Gasteiger partial charge on any atom is 0.229 e. The quantitative estimate of drug-likeness (QED) is 0.626. The van der Waals surface area contributed by atoms with Crippen LogP contribution >= 0.6 is 0 Å². The molecule has 0 spiro atoms. The highest BCUT2D eigenvalue weighted by molar-refractivity contribution is 5.61. The summed E-state index contributed by atoms with van der Waals surface area (Å²) in [4.78, 5) is 11.1. The Morgan fingerprint density at radius 1 is 1.35 bits per heavy atom. The van der Waals surface area contributed by atoms with Crippen molar-refractivity contribution in [1.82, 2.24) is 14.9 Å². The normalized spacial score (nSPS) is 25.6. The highest BCUT2D eigenvalue weighted by Gasteiger charge is 2.43. The number of halogens is 1. The third-order valence-electron chi connectivity index (χ3n) is 7.12. The Hall–Kier alpha value is -2.96. The number of fused-ring (bicyclic) bond motifs is 1. The molecule has 3 saturated heterocycles. The van der Waals surface area contributed by atoms with E-state index in [0.717, 1.165) is 32.4 Å². The van der Waals surface area contributed by atoms with Gasteiger partial charge in [0, 0.05) is 36.3 Å². The molecule has 5 rings (SSSR count). The predicted molar refractivity (Wildman–Crippen MR) is 127 cm³/mol. The van der Waals surface area contributed by atoms with Crippen molar-refractivity contribution in [2.24, 2.45) is 0 Å². The maximum absolute atomic E-state index is 14.6. The van der Waals surface area contributed by atoms with Crippen molar-refractivity contribution in [1.29, 1.82) is 5.26 Å². The molecular weight excluding hydrogens is 435 g/mol. The highest BCUT2D eigenvalue weighted by Crippen LogP contribution is 2.38. The molecule has 0 amide bonds. The topological polar surface area (TPSA) is 95.3 Å². The Bertz CT molecular complexity index is 1080. The first-order valence-electron chi connectivity index (χ1n) is 12.0. The Morgan fingerprint density at radius 3 is 2.97 bits per heavy atom. The number of nitriles is 1. The third kappa shape index (κ3) is 4.79. The van der Waals surface area contributed by atoms with Crippen LogP contribution in [0.5, 0.6) is 5.75 Å². The predicted octanol–water partition coefficient (Wildman–Crippen LogP) is 4.22. The van der Waals surface area contributed by atoms with E-state index in [1.165, 1.54) is 19.0 Å². The fraction of sp³-hybridized carbons (Fsp3) is 0.560. The number of hydrogen-bond acceptors (Lipinski definition) is 8. The molecule has 3 atom stereocenters. The zero-order valence-corrected chi connectivity index (χ0v) is 19.7. The van der Waals surface area contributed by atoms with Crippen LogP contribution in [-0.4, -0.2) is 58.4 Å². The summed E-state index contributed by atoms with van der Waals surface area (Å²) in [5, 5.41) is 16.0. The van der Waals surface area contributed by atoms with Gasteiger partial charge in [-0.2, -0.15) is 10.2 Å². The van der Waals surface area contributed by atoms with Crippen LogP contribution in [0.3, 0.4) is 0 Å². The van der Waals surface area contributed by atoms with Crippen LogP contribution in [0.15, 0.2) is 24.4 Å². The molecule has 0 saturated carbocycles. The first kappa shape index (κ1) is 22.8. The van der Waals surface area contributed by atoms with Crippen LogP contribution in [0, 0.1) is 17.1 Å².